The second-order valence-corrected chi connectivity index (χ2v) is 14.9. The average Bonchev–Trinajstić information content (AvgIpc) is 3.70. The first-order valence-corrected chi connectivity index (χ1v) is 18.4. The summed E-state index contributed by atoms with van der Waals surface area (Å²) in [7, 11) is 0. The molecule has 10 rings (SSSR count). The number of nitrogens with zero attached hydrogens (tertiary/aromatic N) is 4. The van der Waals surface area contributed by atoms with Gasteiger partial charge in [-0.25, -0.2) is 19.9 Å². The normalized spacial score (nSPS) is 13.0. The quantitative estimate of drug-likeness (QED) is 0.181. The summed E-state index contributed by atoms with van der Waals surface area (Å²) < 4.78 is 2.55. The molecule has 0 fully saturated rings. The molecule has 4 nitrogen and oxygen atoms in total. The van der Waals surface area contributed by atoms with Gasteiger partial charge in [0.25, 0.3) is 0 Å². The van der Waals surface area contributed by atoms with E-state index < -0.39 is 0 Å². The monoisotopic (exact) mass is 684 g/mol. The van der Waals surface area contributed by atoms with E-state index in [0.717, 1.165) is 44.6 Å². The molecule has 5 heteroatoms. The fraction of sp³-hybridized carbons (Fsp3) is 0.0638. The van der Waals surface area contributed by atoms with Crippen molar-refractivity contribution in [1.29, 1.82) is 0 Å². The molecule has 0 amide bonds. The van der Waals surface area contributed by atoms with E-state index in [2.05, 4.69) is 111 Å². The molecular formula is C47H32N4S. The van der Waals surface area contributed by atoms with Gasteiger partial charge < -0.3 is 0 Å². The van der Waals surface area contributed by atoms with Gasteiger partial charge in [0.1, 0.15) is 0 Å². The topological polar surface area (TPSA) is 51.6 Å². The second kappa shape index (κ2) is 11.9. The molecule has 1 aliphatic carbocycles. The van der Waals surface area contributed by atoms with Crippen molar-refractivity contribution < 1.29 is 0 Å². The molecular weight excluding hydrogens is 653 g/mol. The van der Waals surface area contributed by atoms with Crippen LogP contribution in [0.4, 0.5) is 0 Å². The molecule has 0 unspecified atom stereocenters. The summed E-state index contributed by atoms with van der Waals surface area (Å²) in [5.41, 5.74) is 13.6. The lowest BCUT2D eigenvalue weighted by atomic mass is 9.80. The van der Waals surface area contributed by atoms with E-state index in [1.807, 2.05) is 72.0 Å². The summed E-state index contributed by atoms with van der Waals surface area (Å²) in [4.78, 5) is 20.1. The summed E-state index contributed by atoms with van der Waals surface area (Å²) in [6.45, 7) is 4.69. The van der Waals surface area contributed by atoms with Gasteiger partial charge in [-0.1, -0.05) is 166 Å². The summed E-state index contributed by atoms with van der Waals surface area (Å²) in [5.74, 6) is 1.96. The molecule has 0 saturated carbocycles. The first-order chi connectivity index (χ1) is 25.5. The van der Waals surface area contributed by atoms with Crippen LogP contribution in [0, 0.1) is 0 Å². The van der Waals surface area contributed by atoms with Gasteiger partial charge in [-0.2, -0.15) is 0 Å². The minimum Gasteiger partial charge on any atom is -0.246 e. The van der Waals surface area contributed by atoms with Crippen LogP contribution in [0.2, 0.25) is 0 Å². The Morgan fingerprint density at radius 3 is 1.54 bits per heavy atom. The van der Waals surface area contributed by atoms with E-state index in [4.69, 9.17) is 19.9 Å². The molecule has 6 aromatic carbocycles. The molecule has 0 bridgehead atoms. The molecule has 52 heavy (non-hydrogen) atoms. The number of benzene rings is 6. The standard InChI is InChI=1S/C47H32N4S/c1-47(2)37-19-11-9-17-35(37)39-40(47)41(48-42-36-18-10-12-20-38(36)52-43(39)42)31-25-21-29(22-26-31)30-23-27-34(28-24-30)46-50-44(32-13-5-3-6-14-32)49-45(51-46)33-15-7-4-8-16-33/h3-28H,1-2H3. The molecule has 1 aliphatic rings. The van der Waals surface area contributed by atoms with Crippen LogP contribution in [0.25, 0.3) is 88.0 Å². The van der Waals surface area contributed by atoms with Crippen molar-refractivity contribution in [2.45, 2.75) is 19.3 Å². The van der Waals surface area contributed by atoms with E-state index in [0.29, 0.717) is 17.5 Å². The van der Waals surface area contributed by atoms with Gasteiger partial charge in [0.05, 0.1) is 15.9 Å². The number of hydrogen-bond donors (Lipinski definition) is 0. The molecule has 246 valence electrons. The number of fused-ring (bicyclic) bond motifs is 7. The predicted octanol–water partition coefficient (Wildman–Crippen LogP) is 12.3. The Balaban J connectivity index is 1.04. The van der Waals surface area contributed by atoms with E-state index in [1.165, 1.54) is 37.0 Å². The number of aromatic nitrogens is 4. The highest BCUT2D eigenvalue weighted by molar-refractivity contribution is 7.26. The van der Waals surface area contributed by atoms with E-state index in [-0.39, 0.29) is 5.41 Å². The molecule has 0 atom stereocenters. The maximum absolute atomic E-state index is 5.48. The fourth-order valence-corrected chi connectivity index (χ4v) is 8.94. The molecule has 0 radical (unpaired) electrons. The molecule has 3 aromatic heterocycles. The van der Waals surface area contributed by atoms with Gasteiger partial charge in [0.15, 0.2) is 17.5 Å². The van der Waals surface area contributed by atoms with Crippen LogP contribution >= 0.6 is 11.3 Å². The number of hydrogen-bond acceptors (Lipinski definition) is 5. The first-order valence-electron chi connectivity index (χ1n) is 17.6. The number of pyridine rings is 1. The van der Waals surface area contributed by atoms with Gasteiger partial charge in [-0.3, -0.25) is 0 Å². The summed E-state index contributed by atoms with van der Waals surface area (Å²) >= 11 is 1.86. The Morgan fingerprint density at radius 2 is 0.923 bits per heavy atom. The lowest BCUT2D eigenvalue weighted by molar-refractivity contribution is 0.660. The highest BCUT2D eigenvalue weighted by Crippen LogP contribution is 2.56. The number of rotatable bonds is 5. The molecule has 0 spiro atoms. The Bertz CT molecular complexity index is 2730. The molecule has 9 aromatic rings. The van der Waals surface area contributed by atoms with Gasteiger partial charge in [0.2, 0.25) is 0 Å². The smallest absolute Gasteiger partial charge is 0.164 e. The van der Waals surface area contributed by atoms with Crippen molar-refractivity contribution in [1.82, 2.24) is 19.9 Å². The first kappa shape index (κ1) is 30.5. The van der Waals surface area contributed by atoms with Crippen LogP contribution in [0.5, 0.6) is 0 Å². The SMILES string of the molecule is CC1(C)c2ccccc2-c2c1c(-c1ccc(-c3ccc(-c4nc(-c5ccccc5)nc(-c5ccccc5)n4)cc3)cc1)nc1c2sc2ccccc21. The largest absolute Gasteiger partial charge is 0.246 e. The molecule has 0 N–H and O–H groups in total. The van der Waals surface area contributed by atoms with E-state index in [1.54, 1.807) is 0 Å². The molecule has 0 aliphatic heterocycles. The van der Waals surface area contributed by atoms with Crippen LogP contribution < -0.4 is 0 Å². The van der Waals surface area contributed by atoms with Crippen molar-refractivity contribution in [2.75, 3.05) is 0 Å². The Labute approximate surface area is 306 Å². The highest BCUT2D eigenvalue weighted by atomic mass is 32.1. The van der Waals surface area contributed by atoms with Crippen molar-refractivity contribution in [3.05, 3.63) is 169 Å². The minimum absolute atomic E-state index is 0.178. The van der Waals surface area contributed by atoms with Crippen LogP contribution in [-0.4, -0.2) is 19.9 Å². The van der Waals surface area contributed by atoms with E-state index >= 15 is 0 Å². The Hall–Kier alpha value is -6.30. The molecule has 0 saturated heterocycles. The average molecular weight is 685 g/mol. The van der Waals surface area contributed by atoms with Crippen LogP contribution in [0.1, 0.15) is 25.0 Å². The zero-order chi connectivity index (χ0) is 34.8. The fourth-order valence-electron chi connectivity index (χ4n) is 7.74. The van der Waals surface area contributed by atoms with Gasteiger partial charge in [-0.15, -0.1) is 11.3 Å². The Morgan fingerprint density at radius 1 is 0.442 bits per heavy atom. The zero-order valence-electron chi connectivity index (χ0n) is 28.7. The maximum atomic E-state index is 5.48. The summed E-state index contributed by atoms with van der Waals surface area (Å²) in [5, 5.41) is 1.22. The minimum atomic E-state index is -0.178. The van der Waals surface area contributed by atoms with E-state index in [9.17, 15) is 0 Å². The van der Waals surface area contributed by atoms with Gasteiger partial charge in [0, 0.05) is 43.3 Å². The Kier molecular flexibility index (Phi) is 6.98. The lowest BCUT2D eigenvalue weighted by Crippen LogP contribution is -2.17. The maximum Gasteiger partial charge on any atom is 0.164 e. The molecule has 3 heterocycles. The second-order valence-electron chi connectivity index (χ2n) is 13.8. The van der Waals surface area contributed by atoms with Crippen molar-refractivity contribution >= 4 is 31.6 Å². The summed E-state index contributed by atoms with van der Waals surface area (Å²) in [6.07, 6.45) is 0. The third-order valence-electron chi connectivity index (χ3n) is 10.3. The third-order valence-corrected chi connectivity index (χ3v) is 11.5. The van der Waals surface area contributed by atoms with Crippen molar-refractivity contribution in [3.8, 4) is 67.7 Å². The van der Waals surface area contributed by atoms with Crippen LogP contribution in [0.15, 0.2) is 158 Å². The zero-order valence-corrected chi connectivity index (χ0v) is 29.5. The van der Waals surface area contributed by atoms with Crippen LogP contribution in [0.3, 0.4) is 0 Å². The van der Waals surface area contributed by atoms with Gasteiger partial charge in [-0.05, 0) is 33.9 Å². The predicted molar refractivity (Wildman–Crippen MR) is 215 cm³/mol. The van der Waals surface area contributed by atoms with Gasteiger partial charge >= 0.3 is 0 Å². The van der Waals surface area contributed by atoms with Crippen molar-refractivity contribution in [3.63, 3.8) is 0 Å². The highest BCUT2D eigenvalue weighted by Gasteiger charge is 2.40. The van der Waals surface area contributed by atoms with Crippen molar-refractivity contribution in [2.24, 2.45) is 0 Å². The summed E-state index contributed by atoms with van der Waals surface area (Å²) in [6, 6.07) is 55.1. The third kappa shape index (κ3) is 4.89. The number of thiophene rings is 1. The lowest BCUT2D eigenvalue weighted by Gasteiger charge is -2.24. The van der Waals surface area contributed by atoms with Crippen LogP contribution in [-0.2, 0) is 5.41 Å².